The molecule has 0 saturated carbocycles. The molecule has 168 valence electrons. The Balaban J connectivity index is 1.86. The van der Waals surface area contributed by atoms with Gasteiger partial charge in [0.2, 0.25) is 0 Å². The molecule has 1 aliphatic heterocycles. The largest absolute Gasteiger partial charge is 0.493 e. The Morgan fingerprint density at radius 2 is 1.81 bits per heavy atom. The van der Waals surface area contributed by atoms with Crippen LogP contribution >= 0.6 is 0 Å². The smallest absolute Gasteiger partial charge is 0.126 e. The molecule has 0 N–H and O–H groups in total. The van der Waals surface area contributed by atoms with Gasteiger partial charge in [0.25, 0.3) is 0 Å². The van der Waals surface area contributed by atoms with Crippen molar-refractivity contribution in [2.75, 3.05) is 19.7 Å². The fourth-order valence-electron chi connectivity index (χ4n) is 4.37. The zero-order chi connectivity index (χ0) is 22.4. The highest BCUT2D eigenvalue weighted by molar-refractivity contribution is 5.86. The van der Waals surface area contributed by atoms with Crippen molar-refractivity contribution in [1.82, 2.24) is 4.90 Å². The van der Waals surface area contributed by atoms with Gasteiger partial charge in [-0.25, -0.2) is 0 Å². The molecule has 0 radical (unpaired) electrons. The van der Waals surface area contributed by atoms with Gasteiger partial charge >= 0.3 is 0 Å². The van der Waals surface area contributed by atoms with Crippen molar-refractivity contribution in [3.63, 3.8) is 0 Å². The van der Waals surface area contributed by atoms with Crippen molar-refractivity contribution in [2.45, 2.75) is 79.2 Å². The Morgan fingerprint density at radius 1 is 1.06 bits per heavy atom. The molecule has 0 spiro atoms. The number of ether oxygens (including phenoxy) is 1. The van der Waals surface area contributed by atoms with E-state index in [2.05, 4.69) is 82.8 Å². The number of amidine groups is 1. The number of aryl methyl sites for hydroxylation is 1. The van der Waals surface area contributed by atoms with Crippen LogP contribution in [0.2, 0.25) is 0 Å². The Kier molecular flexibility index (Phi) is 7.80. The third kappa shape index (κ3) is 5.90. The van der Waals surface area contributed by atoms with Gasteiger partial charge in [0.1, 0.15) is 11.6 Å². The molecule has 2 aromatic rings. The first-order valence-electron chi connectivity index (χ1n) is 11.9. The molecule has 3 rings (SSSR count). The molecule has 0 saturated heterocycles. The van der Waals surface area contributed by atoms with Gasteiger partial charge in [-0.3, -0.25) is 4.99 Å². The van der Waals surface area contributed by atoms with Crippen LogP contribution in [0.4, 0.5) is 0 Å². The molecule has 0 amide bonds. The van der Waals surface area contributed by atoms with Crippen LogP contribution in [0.5, 0.6) is 5.75 Å². The maximum absolute atomic E-state index is 6.43. The van der Waals surface area contributed by atoms with E-state index in [9.17, 15) is 0 Å². The van der Waals surface area contributed by atoms with Crippen LogP contribution in [0.25, 0.3) is 0 Å². The maximum atomic E-state index is 6.43. The van der Waals surface area contributed by atoms with Crippen LogP contribution in [0, 0.1) is 13.8 Å². The summed E-state index contributed by atoms with van der Waals surface area (Å²) >= 11 is 0. The fraction of sp³-hybridized carbons (Fsp3) is 0.536. The van der Waals surface area contributed by atoms with Crippen LogP contribution in [0.1, 0.15) is 74.8 Å². The molecule has 31 heavy (non-hydrogen) atoms. The minimum Gasteiger partial charge on any atom is -0.493 e. The van der Waals surface area contributed by atoms with Crippen molar-refractivity contribution in [3.8, 4) is 5.75 Å². The molecule has 3 nitrogen and oxygen atoms in total. The van der Waals surface area contributed by atoms with Gasteiger partial charge in [0.15, 0.2) is 0 Å². The summed E-state index contributed by atoms with van der Waals surface area (Å²) in [5.74, 6) is 2.30. The Hall–Kier alpha value is -2.29. The van der Waals surface area contributed by atoms with Crippen LogP contribution in [-0.4, -0.2) is 30.4 Å². The second kappa shape index (κ2) is 10.3. The topological polar surface area (TPSA) is 24.8 Å². The first kappa shape index (κ1) is 23.4. The van der Waals surface area contributed by atoms with Gasteiger partial charge < -0.3 is 9.64 Å². The average molecular weight is 421 g/mol. The lowest BCUT2D eigenvalue weighted by atomic mass is 9.82. The van der Waals surface area contributed by atoms with Gasteiger partial charge in [-0.05, 0) is 47.9 Å². The highest BCUT2D eigenvalue weighted by Gasteiger charge is 2.25. The van der Waals surface area contributed by atoms with E-state index in [4.69, 9.17) is 9.73 Å². The highest BCUT2D eigenvalue weighted by atomic mass is 16.5. The minimum atomic E-state index is 0.0539. The van der Waals surface area contributed by atoms with E-state index in [1.165, 1.54) is 46.5 Å². The molecule has 0 bridgehead atoms. The summed E-state index contributed by atoms with van der Waals surface area (Å²) in [7, 11) is 0. The van der Waals surface area contributed by atoms with Crippen molar-refractivity contribution in [3.05, 3.63) is 64.2 Å². The summed E-state index contributed by atoms with van der Waals surface area (Å²) in [6.07, 6.45) is 4.42. The standard InChI is InChI=1S/C28H40N2O/c1-7-8-12-17-31-27-22(3)24(21(2)18-25(27)28(4,5)6)19-26-29-15-16-30(26)20-23-13-10-9-11-14-23/h9-11,13-14,18H,7-8,12,15-17,19-20H2,1-6H3. The summed E-state index contributed by atoms with van der Waals surface area (Å²) < 4.78 is 6.43. The molecular formula is C28H40N2O. The lowest BCUT2D eigenvalue weighted by molar-refractivity contribution is 0.296. The molecular weight excluding hydrogens is 380 g/mol. The van der Waals surface area contributed by atoms with Crippen LogP contribution in [0.3, 0.4) is 0 Å². The number of benzene rings is 2. The number of aliphatic imine (C=N–C) groups is 1. The Bertz CT molecular complexity index is 893. The molecule has 3 heteroatoms. The number of rotatable bonds is 9. The van der Waals surface area contributed by atoms with E-state index < -0.39 is 0 Å². The third-order valence-corrected chi connectivity index (χ3v) is 6.26. The van der Waals surface area contributed by atoms with Crippen molar-refractivity contribution >= 4 is 5.84 Å². The second-order valence-corrected chi connectivity index (χ2v) is 9.86. The van der Waals surface area contributed by atoms with E-state index in [1.807, 2.05) is 0 Å². The maximum Gasteiger partial charge on any atom is 0.126 e. The van der Waals surface area contributed by atoms with E-state index in [-0.39, 0.29) is 5.41 Å². The van der Waals surface area contributed by atoms with Crippen LogP contribution in [0.15, 0.2) is 41.4 Å². The number of hydrogen-bond acceptors (Lipinski definition) is 3. The molecule has 0 aromatic heterocycles. The monoisotopic (exact) mass is 420 g/mol. The first-order valence-corrected chi connectivity index (χ1v) is 11.9. The zero-order valence-corrected chi connectivity index (χ0v) is 20.4. The molecule has 0 aliphatic carbocycles. The second-order valence-electron chi connectivity index (χ2n) is 9.86. The van der Waals surface area contributed by atoms with Crippen LogP contribution in [-0.2, 0) is 18.4 Å². The summed E-state index contributed by atoms with van der Waals surface area (Å²) in [6.45, 7) is 17.2. The summed E-state index contributed by atoms with van der Waals surface area (Å²) in [5, 5.41) is 0. The summed E-state index contributed by atoms with van der Waals surface area (Å²) in [5.41, 5.74) is 6.72. The molecule has 0 atom stereocenters. The number of nitrogens with zero attached hydrogens (tertiary/aromatic N) is 2. The zero-order valence-electron chi connectivity index (χ0n) is 20.4. The highest BCUT2D eigenvalue weighted by Crippen LogP contribution is 2.38. The van der Waals surface area contributed by atoms with Gasteiger partial charge in [0, 0.05) is 25.1 Å². The summed E-state index contributed by atoms with van der Waals surface area (Å²) in [4.78, 5) is 7.32. The fourth-order valence-corrected chi connectivity index (χ4v) is 4.37. The summed E-state index contributed by atoms with van der Waals surface area (Å²) in [6, 6.07) is 13.1. The Morgan fingerprint density at radius 3 is 2.48 bits per heavy atom. The van der Waals surface area contributed by atoms with E-state index in [0.717, 1.165) is 44.8 Å². The molecule has 1 heterocycles. The molecule has 2 aromatic carbocycles. The quantitative estimate of drug-likeness (QED) is 0.425. The van der Waals surface area contributed by atoms with E-state index >= 15 is 0 Å². The number of unbranched alkanes of at least 4 members (excludes halogenated alkanes) is 2. The van der Waals surface area contributed by atoms with Gasteiger partial charge in [0.05, 0.1) is 13.2 Å². The lowest BCUT2D eigenvalue weighted by Gasteiger charge is -2.28. The minimum absolute atomic E-state index is 0.0539. The number of hydrogen-bond donors (Lipinski definition) is 0. The predicted octanol–water partition coefficient (Wildman–Crippen LogP) is 6.63. The van der Waals surface area contributed by atoms with Crippen molar-refractivity contribution in [1.29, 1.82) is 0 Å². The normalized spacial score (nSPS) is 14.1. The van der Waals surface area contributed by atoms with Crippen LogP contribution < -0.4 is 4.74 Å². The lowest BCUT2D eigenvalue weighted by Crippen LogP contribution is -2.29. The van der Waals surface area contributed by atoms with Gasteiger partial charge in [-0.2, -0.15) is 0 Å². The first-order chi connectivity index (χ1) is 14.8. The van der Waals surface area contributed by atoms with Crippen molar-refractivity contribution in [2.24, 2.45) is 4.99 Å². The van der Waals surface area contributed by atoms with Gasteiger partial charge in [-0.15, -0.1) is 0 Å². The van der Waals surface area contributed by atoms with Crippen molar-refractivity contribution < 1.29 is 4.74 Å². The predicted molar refractivity (Wildman–Crippen MR) is 132 cm³/mol. The molecule has 0 fully saturated rings. The van der Waals surface area contributed by atoms with E-state index in [0.29, 0.717) is 0 Å². The van der Waals surface area contributed by atoms with Gasteiger partial charge in [-0.1, -0.05) is 76.9 Å². The van der Waals surface area contributed by atoms with E-state index in [1.54, 1.807) is 0 Å². The Labute approximate surface area is 189 Å². The third-order valence-electron chi connectivity index (χ3n) is 6.26. The molecule has 1 aliphatic rings. The SMILES string of the molecule is CCCCCOc1c(C(C)(C)C)cc(C)c(CC2=NCCN2Cc2ccccc2)c1C. The average Bonchev–Trinajstić information content (AvgIpc) is 3.16. The molecule has 0 unspecified atom stereocenters.